The Hall–Kier alpha value is -3.25. The summed E-state index contributed by atoms with van der Waals surface area (Å²) in [5, 5.41) is 3.88. The third-order valence-corrected chi connectivity index (χ3v) is 5.20. The maximum Gasteiger partial charge on any atom is 0.254 e. The average molecular weight is 388 g/mol. The number of nitrogens with zero attached hydrogens (tertiary/aromatic N) is 3. The van der Waals surface area contributed by atoms with Gasteiger partial charge < -0.3 is 10.2 Å². The first kappa shape index (κ1) is 19.1. The molecule has 2 heterocycles. The highest BCUT2D eigenvalue weighted by Crippen LogP contribution is 2.19. The van der Waals surface area contributed by atoms with E-state index < -0.39 is 0 Å². The quantitative estimate of drug-likeness (QED) is 0.746. The summed E-state index contributed by atoms with van der Waals surface area (Å²) in [5.74, 6) is -0.144. The smallest absolute Gasteiger partial charge is 0.254 e. The van der Waals surface area contributed by atoms with Crippen LogP contribution in [0.25, 0.3) is 10.9 Å². The van der Waals surface area contributed by atoms with Crippen LogP contribution in [0.1, 0.15) is 22.8 Å². The lowest BCUT2D eigenvalue weighted by atomic mass is 10.1. The van der Waals surface area contributed by atoms with Crippen LogP contribution in [0.3, 0.4) is 0 Å². The molecule has 1 aromatic heterocycles. The Morgan fingerprint density at radius 2 is 1.76 bits per heavy atom. The SMILES string of the molecule is CC(=O)Nc1cccc(C(=O)N2CCN(Cc3cccc4cccnc34)CC2)c1. The van der Waals surface area contributed by atoms with Crippen molar-refractivity contribution in [3.63, 3.8) is 0 Å². The fourth-order valence-corrected chi connectivity index (χ4v) is 3.76. The largest absolute Gasteiger partial charge is 0.336 e. The minimum absolute atomic E-state index is 0.00341. The van der Waals surface area contributed by atoms with E-state index in [2.05, 4.69) is 39.5 Å². The molecule has 0 saturated carbocycles. The Labute approximate surface area is 170 Å². The summed E-state index contributed by atoms with van der Waals surface area (Å²) in [4.78, 5) is 32.9. The van der Waals surface area contributed by atoms with Crippen LogP contribution in [-0.2, 0) is 11.3 Å². The number of pyridine rings is 1. The zero-order valence-corrected chi connectivity index (χ0v) is 16.5. The lowest BCUT2D eigenvalue weighted by Crippen LogP contribution is -2.48. The molecule has 1 aliphatic heterocycles. The van der Waals surface area contributed by atoms with Gasteiger partial charge in [-0.15, -0.1) is 0 Å². The third kappa shape index (κ3) is 4.43. The molecule has 6 nitrogen and oxygen atoms in total. The zero-order chi connectivity index (χ0) is 20.2. The molecule has 4 rings (SSSR count). The van der Waals surface area contributed by atoms with Crippen LogP contribution in [0.15, 0.2) is 60.8 Å². The molecule has 0 aliphatic carbocycles. The molecular weight excluding hydrogens is 364 g/mol. The van der Waals surface area contributed by atoms with E-state index in [4.69, 9.17) is 0 Å². The molecule has 1 N–H and O–H groups in total. The molecule has 29 heavy (non-hydrogen) atoms. The van der Waals surface area contributed by atoms with Crippen molar-refractivity contribution in [1.29, 1.82) is 0 Å². The highest BCUT2D eigenvalue weighted by molar-refractivity contribution is 5.96. The molecule has 0 radical (unpaired) electrons. The second kappa shape index (κ2) is 8.41. The maximum absolute atomic E-state index is 12.9. The van der Waals surface area contributed by atoms with Crippen molar-refractivity contribution in [1.82, 2.24) is 14.8 Å². The number of nitrogens with one attached hydrogen (secondary N) is 1. The van der Waals surface area contributed by atoms with Crippen LogP contribution < -0.4 is 5.32 Å². The summed E-state index contributed by atoms with van der Waals surface area (Å²) in [6.45, 7) is 5.29. The molecule has 1 saturated heterocycles. The molecule has 1 fully saturated rings. The maximum atomic E-state index is 12.9. The molecule has 0 atom stereocenters. The van der Waals surface area contributed by atoms with Crippen molar-refractivity contribution in [2.24, 2.45) is 0 Å². The number of hydrogen-bond acceptors (Lipinski definition) is 4. The van der Waals surface area contributed by atoms with Crippen molar-refractivity contribution in [2.75, 3.05) is 31.5 Å². The summed E-state index contributed by atoms with van der Waals surface area (Å²) in [6.07, 6.45) is 1.83. The number of rotatable bonds is 4. The average Bonchev–Trinajstić information content (AvgIpc) is 2.74. The molecular formula is C23H24N4O2. The van der Waals surface area contributed by atoms with Crippen LogP contribution in [0.2, 0.25) is 0 Å². The number of amides is 2. The number of anilines is 1. The Morgan fingerprint density at radius 1 is 1.00 bits per heavy atom. The number of carbonyl (C=O) groups excluding carboxylic acids is 2. The van der Waals surface area contributed by atoms with E-state index in [9.17, 15) is 9.59 Å². The molecule has 3 aromatic rings. The van der Waals surface area contributed by atoms with Gasteiger partial charge in [0, 0.05) is 62.5 Å². The zero-order valence-electron chi connectivity index (χ0n) is 16.5. The van der Waals surface area contributed by atoms with Gasteiger partial charge in [-0.25, -0.2) is 0 Å². The summed E-state index contributed by atoms with van der Waals surface area (Å²) >= 11 is 0. The van der Waals surface area contributed by atoms with E-state index in [1.54, 1.807) is 24.3 Å². The van der Waals surface area contributed by atoms with E-state index in [0.717, 1.165) is 30.5 Å². The van der Waals surface area contributed by atoms with Crippen molar-refractivity contribution >= 4 is 28.4 Å². The molecule has 1 aliphatic rings. The molecule has 148 valence electrons. The minimum Gasteiger partial charge on any atom is -0.336 e. The Bertz CT molecular complexity index is 1040. The third-order valence-electron chi connectivity index (χ3n) is 5.20. The normalized spacial score (nSPS) is 14.7. The fraction of sp³-hybridized carbons (Fsp3) is 0.261. The lowest BCUT2D eigenvalue weighted by Gasteiger charge is -2.35. The van der Waals surface area contributed by atoms with Crippen LogP contribution >= 0.6 is 0 Å². The second-order valence-electron chi connectivity index (χ2n) is 7.32. The molecule has 0 bridgehead atoms. The van der Waals surface area contributed by atoms with Gasteiger partial charge in [0.25, 0.3) is 5.91 Å². The Kier molecular flexibility index (Phi) is 5.53. The minimum atomic E-state index is -0.147. The van der Waals surface area contributed by atoms with E-state index in [-0.39, 0.29) is 11.8 Å². The van der Waals surface area contributed by atoms with Gasteiger partial charge in [-0.1, -0.05) is 30.3 Å². The number of para-hydroxylation sites is 1. The van der Waals surface area contributed by atoms with Gasteiger partial charge in [0.2, 0.25) is 5.91 Å². The van der Waals surface area contributed by atoms with Gasteiger partial charge in [0.1, 0.15) is 0 Å². The predicted molar refractivity (Wildman–Crippen MR) is 114 cm³/mol. The van der Waals surface area contributed by atoms with Gasteiger partial charge in [-0.3, -0.25) is 19.5 Å². The Morgan fingerprint density at radius 3 is 2.55 bits per heavy atom. The first-order valence-electron chi connectivity index (χ1n) is 9.82. The summed E-state index contributed by atoms with van der Waals surface area (Å²) in [5.41, 5.74) is 3.50. The molecule has 0 unspecified atom stereocenters. The lowest BCUT2D eigenvalue weighted by molar-refractivity contribution is -0.114. The number of hydrogen-bond donors (Lipinski definition) is 1. The first-order chi connectivity index (χ1) is 14.1. The van der Waals surface area contributed by atoms with Crippen molar-refractivity contribution in [2.45, 2.75) is 13.5 Å². The fourth-order valence-electron chi connectivity index (χ4n) is 3.76. The first-order valence-corrected chi connectivity index (χ1v) is 9.82. The van der Waals surface area contributed by atoms with E-state index in [1.807, 2.05) is 17.2 Å². The van der Waals surface area contributed by atoms with Crippen LogP contribution in [0.5, 0.6) is 0 Å². The van der Waals surface area contributed by atoms with Crippen molar-refractivity contribution in [3.05, 3.63) is 71.9 Å². The monoisotopic (exact) mass is 388 g/mol. The van der Waals surface area contributed by atoms with Gasteiger partial charge >= 0.3 is 0 Å². The number of fused-ring (bicyclic) bond motifs is 1. The number of aromatic nitrogens is 1. The van der Waals surface area contributed by atoms with Crippen LogP contribution in [0, 0.1) is 0 Å². The summed E-state index contributed by atoms with van der Waals surface area (Å²) < 4.78 is 0. The highest BCUT2D eigenvalue weighted by Gasteiger charge is 2.22. The highest BCUT2D eigenvalue weighted by atomic mass is 16.2. The van der Waals surface area contributed by atoms with Gasteiger partial charge in [-0.2, -0.15) is 0 Å². The van der Waals surface area contributed by atoms with Crippen LogP contribution in [0.4, 0.5) is 5.69 Å². The van der Waals surface area contributed by atoms with E-state index >= 15 is 0 Å². The predicted octanol–water partition coefficient (Wildman–Crippen LogP) is 3.15. The molecule has 2 aromatic carbocycles. The molecule has 0 spiro atoms. The van der Waals surface area contributed by atoms with Crippen molar-refractivity contribution < 1.29 is 9.59 Å². The second-order valence-corrected chi connectivity index (χ2v) is 7.32. The van der Waals surface area contributed by atoms with Crippen molar-refractivity contribution in [3.8, 4) is 0 Å². The molecule has 2 amide bonds. The van der Waals surface area contributed by atoms with Gasteiger partial charge in [-0.05, 0) is 29.8 Å². The Balaban J connectivity index is 1.39. The number of benzene rings is 2. The topological polar surface area (TPSA) is 65.5 Å². The number of carbonyl (C=O) groups is 2. The van der Waals surface area contributed by atoms with Gasteiger partial charge in [0.05, 0.1) is 5.52 Å². The summed E-state index contributed by atoms with van der Waals surface area (Å²) in [6, 6.07) is 17.4. The van der Waals surface area contributed by atoms with E-state index in [1.165, 1.54) is 12.5 Å². The van der Waals surface area contributed by atoms with Crippen LogP contribution in [-0.4, -0.2) is 52.8 Å². The van der Waals surface area contributed by atoms with Gasteiger partial charge in [0.15, 0.2) is 0 Å². The standard InChI is InChI=1S/C23H24N4O2/c1-17(28)25-21-9-3-6-19(15-21)23(29)27-13-11-26(12-14-27)16-20-7-2-5-18-8-4-10-24-22(18)20/h2-10,15H,11-14,16H2,1H3,(H,25,28). The number of piperazine rings is 1. The summed E-state index contributed by atoms with van der Waals surface area (Å²) in [7, 11) is 0. The van der Waals surface area contributed by atoms with E-state index in [0.29, 0.717) is 24.3 Å². The molecule has 6 heteroatoms.